The zero-order chi connectivity index (χ0) is 14.9. The largest absolute Gasteiger partial charge is 0.496 e. The van der Waals surface area contributed by atoms with Gasteiger partial charge < -0.3 is 15.0 Å². The van der Waals surface area contributed by atoms with E-state index >= 15 is 0 Å². The van der Waals surface area contributed by atoms with Crippen LogP contribution in [0.2, 0.25) is 0 Å². The summed E-state index contributed by atoms with van der Waals surface area (Å²) < 4.78 is 10.9. The van der Waals surface area contributed by atoms with Crippen LogP contribution in [0.5, 0.6) is 5.75 Å². The van der Waals surface area contributed by atoms with Gasteiger partial charge in [0.1, 0.15) is 5.75 Å². The fourth-order valence-electron chi connectivity index (χ4n) is 2.29. The predicted octanol–water partition coefficient (Wildman–Crippen LogP) is 3.41. The molecule has 0 fully saturated rings. The van der Waals surface area contributed by atoms with Crippen LogP contribution in [0.15, 0.2) is 22.7 Å². The minimum absolute atomic E-state index is 0.0146. The Balaban J connectivity index is 2.59. The van der Waals surface area contributed by atoms with Gasteiger partial charge in [-0.25, -0.2) is 0 Å². The van der Waals surface area contributed by atoms with Gasteiger partial charge in [0.05, 0.1) is 12.8 Å². The van der Waals surface area contributed by atoms with E-state index < -0.39 is 0 Å². The van der Waals surface area contributed by atoms with Gasteiger partial charge in [-0.3, -0.25) is 0 Å². The van der Waals surface area contributed by atoms with E-state index in [0.29, 0.717) is 6.54 Å². The highest BCUT2D eigenvalue weighted by atomic mass is 16.5. The molecule has 4 heteroatoms. The molecular formula is C16H22N2O2. The highest BCUT2D eigenvalue weighted by Gasteiger charge is 2.21. The number of methoxy groups -OCH3 is 1. The fourth-order valence-corrected chi connectivity index (χ4v) is 2.29. The predicted molar refractivity (Wildman–Crippen MR) is 79.8 cm³/mol. The Bertz CT molecular complexity index is 609. The molecule has 20 heavy (non-hydrogen) atoms. The number of nitrogens with two attached hydrogens (primary N) is 1. The Hall–Kier alpha value is -1.81. The molecule has 0 bridgehead atoms. The first-order valence-corrected chi connectivity index (χ1v) is 6.72. The minimum atomic E-state index is -0.0146. The van der Waals surface area contributed by atoms with Crippen molar-refractivity contribution in [1.82, 2.24) is 5.16 Å². The first-order chi connectivity index (χ1) is 9.38. The molecule has 0 atom stereocenters. The van der Waals surface area contributed by atoms with Gasteiger partial charge in [-0.15, -0.1) is 0 Å². The minimum Gasteiger partial charge on any atom is -0.496 e. The molecule has 0 aliphatic rings. The molecule has 0 radical (unpaired) electrons. The molecule has 0 saturated carbocycles. The van der Waals surface area contributed by atoms with Crippen LogP contribution in [0.4, 0.5) is 0 Å². The summed E-state index contributed by atoms with van der Waals surface area (Å²) in [5.74, 6) is 1.63. The van der Waals surface area contributed by atoms with Crippen molar-refractivity contribution in [1.29, 1.82) is 0 Å². The summed E-state index contributed by atoms with van der Waals surface area (Å²) in [5.41, 5.74) is 9.69. The highest BCUT2D eigenvalue weighted by molar-refractivity contribution is 5.65. The number of rotatable bonds is 3. The lowest BCUT2D eigenvalue weighted by Crippen LogP contribution is -2.13. The lowest BCUT2D eigenvalue weighted by molar-refractivity contribution is 0.397. The van der Waals surface area contributed by atoms with Gasteiger partial charge >= 0.3 is 0 Å². The molecule has 2 N–H and O–H groups in total. The van der Waals surface area contributed by atoms with Crippen molar-refractivity contribution < 1.29 is 9.26 Å². The fraction of sp³-hybridized carbons (Fsp3) is 0.438. The molecule has 0 saturated heterocycles. The van der Waals surface area contributed by atoms with Gasteiger partial charge in [0.25, 0.3) is 0 Å². The second kappa shape index (κ2) is 5.29. The van der Waals surface area contributed by atoms with Crippen LogP contribution >= 0.6 is 0 Å². The number of ether oxygens (including phenoxy) is 1. The average molecular weight is 274 g/mol. The Morgan fingerprint density at radius 2 is 2.00 bits per heavy atom. The monoisotopic (exact) mass is 274 g/mol. The summed E-state index contributed by atoms with van der Waals surface area (Å²) in [6.45, 7) is 8.79. The van der Waals surface area contributed by atoms with E-state index in [1.165, 1.54) is 0 Å². The number of hydrogen-bond acceptors (Lipinski definition) is 4. The summed E-state index contributed by atoms with van der Waals surface area (Å²) in [6, 6.07) is 6.04. The van der Waals surface area contributed by atoms with Crippen molar-refractivity contribution in [2.75, 3.05) is 7.11 Å². The Labute approximate surface area is 119 Å². The zero-order valence-electron chi connectivity index (χ0n) is 12.8. The third kappa shape index (κ3) is 2.56. The standard InChI is InChI=1S/C16H22N2O2/c1-10-12(9-17)15(20-18-10)11-6-7-14(19-5)13(8-11)16(2,3)4/h6-8H,9,17H2,1-5H3. The SMILES string of the molecule is COc1ccc(-c2onc(C)c2CN)cc1C(C)(C)C. The molecule has 0 amide bonds. The van der Waals surface area contributed by atoms with Crippen LogP contribution in [0.3, 0.4) is 0 Å². The summed E-state index contributed by atoms with van der Waals surface area (Å²) in [5, 5.41) is 4.01. The third-order valence-corrected chi connectivity index (χ3v) is 3.46. The molecule has 2 aromatic rings. The molecule has 1 heterocycles. The molecule has 0 aliphatic carbocycles. The molecule has 1 aromatic carbocycles. The smallest absolute Gasteiger partial charge is 0.171 e. The molecule has 1 aromatic heterocycles. The van der Waals surface area contributed by atoms with Crippen molar-refractivity contribution in [3.8, 4) is 17.1 Å². The summed E-state index contributed by atoms with van der Waals surface area (Å²) in [6.07, 6.45) is 0. The molecular weight excluding hydrogens is 252 g/mol. The van der Waals surface area contributed by atoms with Crippen LogP contribution in [0.25, 0.3) is 11.3 Å². The highest BCUT2D eigenvalue weighted by Crippen LogP contribution is 2.36. The van der Waals surface area contributed by atoms with Gasteiger partial charge in [0.2, 0.25) is 0 Å². The number of nitrogens with zero attached hydrogens (tertiary/aromatic N) is 1. The second-order valence-electron chi connectivity index (χ2n) is 5.94. The van der Waals surface area contributed by atoms with E-state index in [9.17, 15) is 0 Å². The van der Waals surface area contributed by atoms with Crippen LogP contribution < -0.4 is 10.5 Å². The summed E-state index contributed by atoms with van der Waals surface area (Å²) >= 11 is 0. The molecule has 4 nitrogen and oxygen atoms in total. The van der Waals surface area contributed by atoms with Crippen molar-refractivity contribution in [2.24, 2.45) is 5.73 Å². The van der Waals surface area contributed by atoms with E-state index in [0.717, 1.165) is 33.9 Å². The van der Waals surface area contributed by atoms with Gasteiger partial charge in [0.15, 0.2) is 5.76 Å². The average Bonchev–Trinajstić information content (AvgIpc) is 2.78. The number of hydrogen-bond donors (Lipinski definition) is 1. The Morgan fingerprint density at radius 1 is 1.30 bits per heavy atom. The maximum Gasteiger partial charge on any atom is 0.171 e. The van der Waals surface area contributed by atoms with Crippen molar-refractivity contribution in [3.05, 3.63) is 35.0 Å². The molecule has 108 valence electrons. The number of benzene rings is 1. The first-order valence-electron chi connectivity index (χ1n) is 6.72. The van der Waals surface area contributed by atoms with E-state index in [2.05, 4.69) is 32.0 Å². The van der Waals surface area contributed by atoms with E-state index in [1.807, 2.05) is 19.1 Å². The van der Waals surface area contributed by atoms with Crippen molar-refractivity contribution in [3.63, 3.8) is 0 Å². The van der Waals surface area contributed by atoms with Crippen molar-refractivity contribution >= 4 is 0 Å². The van der Waals surface area contributed by atoms with Crippen LogP contribution in [0.1, 0.15) is 37.6 Å². The molecule has 0 spiro atoms. The lowest BCUT2D eigenvalue weighted by Gasteiger charge is -2.22. The van der Waals surface area contributed by atoms with E-state index in [4.69, 9.17) is 15.0 Å². The molecule has 0 unspecified atom stereocenters. The van der Waals surface area contributed by atoms with E-state index in [1.54, 1.807) is 7.11 Å². The third-order valence-electron chi connectivity index (χ3n) is 3.46. The summed E-state index contributed by atoms with van der Waals surface area (Å²) in [4.78, 5) is 0. The van der Waals surface area contributed by atoms with Gasteiger partial charge in [-0.1, -0.05) is 25.9 Å². The second-order valence-corrected chi connectivity index (χ2v) is 5.94. The quantitative estimate of drug-likeness (QED) is 0.931. The molecule has 2 rings (SSSR count). The number of aromatic nitrogens is 1. The first kappa shape index (κ1) is 14.6. The van der Waals surface area contributed by atoms with Gasteiger partial charge in [-0.2, -0.15) is 0 Å². The maximum atomic E-state index is 5.79. The number of aryl methyl sites for hydroxylation is 1. The lowest BCUT2D eigenvalue weighted by atomic mass is 9.85. The van der Waals surface area contributed by atoms with Crippen LogP contribution in [-0.2, 0) is 12.0 Å². The zero-order valence-corrected chi connectivity index (χ0v) is 12.8. The van der Waals surface area contributed by atoms with Gasteiger partial charge in [0, 0.05) is 23.2 Å². The van der Waals surface area contributed by atoms with Crippen molar-refractivity contribution in [2.45, 2.75) is 39.7 Å². The van der Waals surface area contributed by atoms with Gasteiger partial charge in [-0.05, 0) is 30.5 Å². The normalized spacial score (nSPS) is 11.7. The Kier molecular flexibility index (Phi) is 3.86. The van der Waals surface area contributed by atoms with Crippen LogP contribution in [-0.4, -0.2) is 12.3 Å². The Morgan fingerprint density at radius 3 is 2.55 bits per heavy atom. The van der Waals surface area contributed by atoms with E-state index in [-0.39, 0.29) is 5.41 Å². The van der Waals surface area contributed by atoms with Crippen LogP contribution in [0, 0.1) is 6.92 Å². The summed E-state index contributed by atoms with van der Waals surface area (Å²) in [7, 11) is 1.69. The topological polar surface area (TPSA) is 61.3 Å². The molecule has 0 aliphatic heterocycles. The maximum absolute atomic E-state index is 5.79.